The molecule has 3 rings (SSSR count). The lowest BCUT2D eigenvalue weighted by Gasteiger charge is -2.33. The molecule has 0 aromatic heterocycles. The first-order chi connectivity index (χ1) is 12.1. The molecule has 1 unspecified atom stereocenters. The van der Waals surface area contributed by atoms with Gasteiger partial charge in [0.1, 0.15) is 0 Å². The highest BCUT2D eigenvalue weighted by atomic mass is 35.5. The average molecular weight is 364 g/mol. The van der Waals surface area contributed by atoms with Gasteiger partial charge < -0.3 is 10.0 Å². The third-order valence-electron chi connectivity index (χ3n) is 6.39. The molecule has 1 aliphatic carbocycles. The van der Waals surface area contributed by atoms with Crippen LogP contribution in [0.4, 0.5) is 0 Å². The van der Waals surface area contributed by atoms with Crippen molar-refractivity contribution in [2.45, 2.75) is 89.2 Å². The first-order valence-corrected chi connectivity index (χ1v) is 10.8. The maximum atomic E-state index is 11.5. The van der Waals surface area contributed by atoms with E-state index in [-0.39, 0.29) is 0 Å². The minimum absolute atomic E-state index is 0.716. The van der Waals surface area contributed by atoms with Crippen molar-refractivity contribution in [3.63, 3.8) is 0 Å². The van der Waals surface area contributed by atoms with Gasteiger partial charge in [-0.15, -0.1) is 0 Å². The van der Waals surface area contributed by atoms with Gasteiger partial charge in [0.25, 0.3) is 0 Å². The van der Waals surface area contributed by atoms with Gasteiger partial charge in [0.2, 0.25) is 0 Å². The van der Waals surface area contributed by atoms with Crippen molar-refractivity contribution in [1.29, 1.82) is 0 Å². The van der Waals surface area contributed by atoms with E-state index in [9.17, 15) is 5.11 Å². The van der Waals surface area contributed by atoms with Crippen molar-refractivity contribution in [3.8, 4) is 0 Å². The van der Waals surface area contributed by atoms with Gasteiger partial charge in [0.15, 0.2) is 0 Å². The number of aryl methyl sites for hydroxylation is 1. The first-order valence-electron chi connectivity index (χ1n) is 10.4. The van der Waals surface area contributed by atoms with Crippen LogP contribution in [0, 0.1) is 0 Å². The molecule has 1 N–H and O–H groups in total. The standard InChI is InChI=1S/C22H34ClNO/c1-2-18-11-12-19(23)17-21(18)22(25)13-8-15-24(16-14-22)20-9-6-4-3-5-7-10-20/h11-12,17,20,25H,2-10,13-16H2,1H3. The Balaban J connectivity index is 1.73. The molecule has 1 saturated heterocycles. The van der Waals surface area contributed by atoms with Crippen LogP contribution in [0.3, 0.4) is 0 Å². The molecule has 140 valence electrons. The number of hydrogen-bond acceptors (Lipinski definition) is 2. The molecule has 2 fully saturated rings. The number of hydrogen-bond donors (Lipinski definition) is 1. The lowest BCUT2D eigenvalue weighted by Crippen LogP contribution is -2.37. The Hall–Kier alpha value is -0.570. The molecule has 1 aromatic rings. The van der Waals surface area contributed by atoms with E-state index in [2.05, 4.69) is 17.9 Å². The fourth-order valence-corrected chi connectivity index (χ4v) is 5.04. The number of halogens is 1. The molecular formula is C22H34ClNO. The second-order valence-corrected chi connectivity index (χ2v) is 8.51. The van der Waals surface area contributed by atoms with Crippen LogP contribution in [0.15, 0.2) is 18.2 Å². The van der Waals surface area contributed by atoms with E-state index in [1.165, 1.54) is 50.5 Å². The number of likely N-dealkylation sites (tertiary alicyclic amines) is 1. The van der Waals surface area contributed by atoms with Gasteiger partial charge >= 0.3 is 0 Å². The molecule has 25 heavy (non-hydrogen) atoms. The van der Waals surface area contributed by atoms with Gasteiger partial charge in [-0.25, -0.2) is 0 Å². The molecule has 0 spiro atoms. The van der Waals surface area contributed by atoms with Crippen molar-refractivity contribution in [2.75, 3.05) is 13.1 Å². The van der Waals surface area contributed by atoms with Crippen molar-refractivity contribution >= 4 is 11.6 Å². The molecule has 0 radical (unpaired) electrons. The van der Waals surface area contributed by atoms with Gasteiger partial charge in [0, 0.05) is 17.6 Å². The van der Waals surface area contributed by atoms with Crippen LogP contribution in [0.25, 0.3) is 0 Å². The minimum atomic E-state index is -0.716. The van der Waals surface area contributed by atoms with E-state index in [4.69, 9.17) is 11.6 Å². The first kappa shape index (κ1) is 19.2. The summed E-state index contributed by atoms with van der Waals surface area (Å²) in [6, 6.07) is 6.77. The topological polar surface area (TPSA) is 23.5 Å². The summed E-state index contributed by atoms with van der Waals surface area (Å²) < 4.78 is 0. The molecular weight excluding hydrogens is 330 g/mol. The average Bonchev–Trinajstić information content (AvgIpc) is 2.78. The highest BCUT2D eigenvalue weighted by Gasteiger charge is 2.35. The number of nitrogens with zero attached hydrogens (tertiary/aromatic N) is 1. The number of aliphatic hydroxyl groups is 1. The van der Waals surface area contributed by atoms with Crippen LogP contribution in [0.5, 0.6) is 0 Å². The van der Waals surface area contributed by atoms with Crippen molar-refractivity contribution in [3.05, 3.63) is 34.3 Å². The van der Waals surface area contributed by atoms with Gasteiger partial charge in [0.05, 0.1) is 5.60 Å². The predicted octanol–water partition coefficient (Wildman–Crippen LogP) is 5.69. The Morgan fingerprint density at radius 1 is 1.04 bits per heavy atom. The summed E-state index contributed by atoms with van der Waals surface area (Å²) in [5.41, 5.74) is 1.60. The molecule has 1 saturated carbocycles. The molecule has 2 nitrogen and oxygen atoms in total. The van der Waals surface area contributed by atoms with Gasteiger partial charge in [-0.05, 0) is 68.3 Å². The molecule has 2 aliphatic rings. The van der Waals surface area contributed by atoms with Crippen LogP contribution in [-0.4, -0.2) is 29.1 Å². The summed E-state index contributed by atoms with van der Waals surface area (Å²) in [7, 11) is 0. The Morgan fingerprint density at radius 2 is 1.76 bits per heavy atom. The summed E-state index contributed by atoms with van der Waals surface area (Å²) in [5.74, 6) is 0. The molecule has 1 atom stereocenters. The van der Waals surface area contributed by atoms with Crippen LogP contribution in [0.1, 0.15) is 82.3 Å². The minimum Gasteiger partial charge on any atom is -0.385 e. The molecule has 3 heteroatoms. The summed E-state index contributed by atoms with van der Waals surface area (Å²) in [6.45, 7) is 4.31. The third-order valence-corrected chi connectivity index (χ3v) is 6.63. The Kier molecular flexibility index (Phi) is 6.82. The Labute approximate surface area is 158 Å². The zero-order valence-corrected chi connectivity index (χ0v) is 16.5. The van der Waals surface area contributed by atoms with E-state index in [1.807, 2.05) is 12.1 Å². The van der Waals surface area contributed by atoms with Crippen LogP contribution < -0.4 is 0 Å². The Bertz CT molecular complexity index is 553. The SMILES string of the molecule is CCc1ccc(Cl)cc1C1(O)CCCN(C2CCCCCCC2)CC1. The van der Waals surface area contributed by atoms with E-state index >= 15 is 0 Å². The van der Waals surface area contributed by atoms with E-state index in [0.29, 0.717) is 0 Å². The van der Waals surface area contributed by atoms with E-state index in [1.54, 1.807) is 0 Å². The third kappa shape index (κ3) is 4.78. The summed E-state index contributed by atoms with van der Waals surface area (Å²) in [6.07, 6.45) is 13.4. The van der Waals surface area contributed by atoms with Gasteiger partial charge in [-0.1, -0.05) is 56.7 Å². The van der Waals surface area contributed by atoms with Crippen LogP contribution in [-0.2, 0) is 12.0 Å². The van der Waals surface area contributed by atoms with Crippen LogP contribution >= 0.6 is 11.6 Å². The van der Waals surface area contributed by atoms with Gasteiger partial charge in [-0.2, -0.15) is 0 Å². The summed E-state index contributed by atoms with van der Waals surface area (Å²) in [4.78, 5) is 2.68. The molecule has 0 amide bonds. The Morgan fingerprint density at radius 3 is 2.48 bits per heavy atom. The highest BCUT2D eigenvalue weighted by molar-refractivity contribution is 6.30. The van der Waals surface area contributed by atoms with Crippen LogP contribution in [0.2, 0.25) is 5.02 Å². The molecule has 0 bridgehead atoms. The van der Waals surface area contributed by atoms with E-state index in [0.717, 1.165) is 55.4 Å². The maximum absolute atomic E-state index is 11.5. The number of rotatable bonds is 3. The summed E-state index contributed by atoms with van der Waals surface area (Å²) in [5, 5.41) is 12.2. The normalized spacial score (nSPS) is 27.5. The van der Waals surface area contributed by atoms with Crippen molar-refractivity contribution < 1.29 is 5.11 Å². The maximum Gasteiger partial charge on any atom is 0.0912 e. The largest absolute Gasteiger partial charge is 0.385 e. The van der Waals surface area contributed by atoms with Crippen molar-refractivity contribution in [2.24, 2.45) is 0 Å². The zero-order valence-electron chi connectivity index (χ0n) is 15.8. The number of benzene rings is 1. The van der Waals surface area contributed by atoms with Crippen molar-refractivity contribution in [1.82, 2.24) is 4.90 Å². The highest BCUT2D eigenvalue weighted by Crippen LogP contribution is 2.37. The van der Waals surface area contributed by atoms with Gasteiger partial charge in [-0.3, -0.25) is 0 Å². The smallest absolute Gasteiger partial charge is 0.0912 e. The zero-order chi connectivity index (χ0) is 17.7. The summed E-state index contributed by atoms with van der Waals surface area (Å²) >= 11 is 6.26. The lowest BCUT2D eigenvalue weighted by molar-refractivity contribution is 0.0186. The van der Waals surface area contributed by atoms with E-state index < -0.39 is 5.60 Å². The second-order valence-electron chi connectivity index (χ2n) is 8.08. The predicted molar refractivity (Wildman–Crippen MR) is 106 cm³/mol. The molecule has 1 heterocycles. The second kappa shape index (κ2) is 8.88. The monoisotopic (exact) mass is 363 g/mol. The quantitative estimate of drug-likeness (QED) is 0.745. The fraction of sp³-hybridized carbons (Fsp3) is 0.727. The fourth-order valence-electron chi connectivity index (χ4n) is 4.86. The molecule has 1 aliphatic heterocycles. The lowest BCUT2D eigenvalue weighted by atomic mass is 9.83. The molecule has 1 aromatic carbocycles.